The van der Waals surface area contributed by atoms with E-state index < -0.39 is 42.3 Å². The fourth-order valence-corrected chi connectivity index (χ4v) is 3.74. The molecule has 0 radical (unpaired) electrons. The van der Waals surface area contributed by atoms with Crippen molar-refractivity contribution in [2.24, 2.45) is 0 Å². The summed E-state index contributed by atoms with van der Waals surface area (Å²) in [7, 11) is 1.57. The second-order valence-electron chi connectivity index (χ2n) is 7.81. The summed E-state index contributed by atoms with van der Waals surface area (Å²) in [5.41, 5.74) is 0.601. The summed E-state index contributed by atoms with van der Waals surface area (Å²) in [4.78, 5) is 13.0. The molecule has 0 unspecified atom stereocenters. The van der Waals surface area contributed by atoms with Crippen molar-refractivity contribution < 1.29 is 33.2 Å². The second kappa shape index (κ2) is 6.42. The Morgan fingerprint density at radius 3 is 2.41 bits per heavy atom. The number of hydrogen-bond donors (Lipinski definition) is 1. The number of ether oxygens (including phenoxy) is 6. The van der Waals surface area contributed by atoms with Gasteiger partial charge >= 0.3 is 0 Å². The van der Waals surface area contributed by atoms with Crippen molar-refractivity contribution in [1.29, 1.82) is 0 Å². The molecule has 8 heteroatoms. The zero-order valence-electron chi connectivity index (χ0n) is 16.1. The maximum Gasteiger partial charge on any atom is 0.256 e. The van der Waals surface area contributed by atoms with E-state index in [0.29, 0.717) is 11.4 Å². The Hall–Kier alpha value is -1.71. The highest BCUT2D eigenvalue weighted by Crippen LogP contribution is 2.44. The highest BCUT2D eigenvalue weighted by atomic mass is 16.9. The van der Waals surface area contributed by atoms with E-state index in [9.17, 15) is 4.79 Å². The van der Waals surface area contributed by atoms with Crippen LogP contribution in [0.2, 0.25) is 0 Å². The summed E-state index contributed by atoms with van der Waals surface area (Å²) in [5, 5.41) is 2.85. The van der Waals surface area contributed by atoms with E-state index >= 15 is 0 Å². The molecule has 4 rings (SSSR count). The summed E-state index contributed by atoms with van der Waals surface area (Å²) in [6.45, 7) is 7.21. The molecule has 0 aliphatic carbocycles. The second-order valence-corrected chi connectivity index (χ2v) is 7.81. The third-order valence-corrected chi connectivity index (χ3v) is 4.75. The maximum atomic E-state index is 13.0. The van der Waals surface area contributed by atoms with Crippen molar-refractivity contribution in [3.05, 3.63) is 24.3 Å². The highest BCUT2D eigenvalue weighted by Gasteiger charge is 2.62. The Balaban J connectivity index is 1.57. The van der Waals surface area contributed by atoms with Gasteiger partial charge in [-0.25, -0.2) is 0 Å². The zero-order valence-corrected chi connectivity index (χ0v) is 16.1. The third-order valence-electron chi connectivity index (χ3n) is 4.75. The third kappa shape index (κ3) is 3.55. The van der Waals surface area contributed by atoms with Crippen molar-refractivity contribution in [3.8, 4) is 5.75 Å². The highest BCUT2D eigenvalue weighted by molar-refractivity contribution is 5.95. The van der Waals surface area contributed by atoms with E-state index in [1.807, 2.05) is 0 Å². The molecule has 27 heavy (non-hydrogen) atoms. The predicted octanol–water partition coefficient (Wildman–Crippen LogP) is 2.03. The number of amides is 1. The van der Waals surface area contributed by atoms with Crippen molar-refractivity contribution in [2.75, 3.05) is 12.4 Å². The lowest BCUT2D eigenvalue weighted by Crippen LogP contribution is -2.58. The van der Waals surface area contributed by atoms with Gasteiger partial charge in [0, 0.05) is 11.8 Å². The molecule has 3 aliphatic rings. The molecule has 1 amide bonds. The van der Waals surface area contributed by atoms with Crippen LogP contribution in [0.25, 0.3) is 0 Å². The number of carbonyl (C=O) groups excluding carboxylic acids is 1. The van der Waals surface area contributed by atoms with E-state index in [1.54, 1.807) is 59.1 Å². The van der Waals surface area contributed by atoms with Crippen LogP contribution in [-0.4, -0.2) is 55.3 Å². The number of nitrogens with one attached hydrogen (secondary N) is 1. The van der Waals surface area contributed by atoms with Crippen LogP contribution in [0, 0.1) is 0 Å². The van der Waals surface area contributed by atoms with Gasteiger partial charge in [0.05, 0.1) is 7.11 Å². The molecular formula is C19H25NO7. The van der Waals surface area contributed by atoms with Gasteiger partial charge in [-0.3, -0.25) is 4.79 Å². The molecule has 5 atom stereocenters. The topological polar surface area (TPSA) is 84.5 Å². The molecule has 0 bridgehead atoms. The van der Waals surface area contributed by atoms with E-state index in [2.05, 4.69) is 5.32 Å². The van der Waals surface area contributed by atoms with Gasteiger partial charge in [0.25, 0.3) is 5.91 Å². The summed E-state index contributed by atoms with van der Waals surface area (Å²) >= 11 is 0. The van der Waals surface area contributed by atoms with E-state index in [4.69, 9.17) is 28.4 Å². The molecule has 3 saturated heterocycles. The van der Waals surface area contributed by atoms with Crippen LogP contribution >= 0.6 is 0 Å². The SMILES string of the molecule is COc1cccc(NC(=O)[C@@H]2O[C@H]3OC(C)(C)O[C@@H]3[C@H]3OC(C)(C)O[C@@H]32)c1. The van der Waals surface area contributed by atoms with Gasteiger partial charge in [-0.15, -0.1) is 0 Å². The van der Waals surface area contributed by atoms with Crippen molar-refractivity contribution in [3.63, 3.8) is 0 Å². The molecule has 0 aromatic heterocycles. The molecule has 8 nitrogen and oxygen atoms in total. The van der Waals surface area contributed by atoms with Crippen LogP contribution in [0.15, 0.2) is 24.3 Å². The molecule has 1 aromatic rings. The predicted molar refractivity (Wildman–Crippen MR) is 94.1 cm³/mol. The van der Waals surface area contributed by atoms with E-state index in [-0.39, 0.29) is 5.91 Å². The lowest BCUT2D eigenvalue weighted by Gasteiger charge is -2.36. The Bertz CT molecular complexity index is 735. The quantitative estimate of drug-likeness (QED) is 0.860. The van der Waals surface area contributed by atoms with Gasteiger partial charge in [0.1, 0.15) is 24.1 Å². The number of methoxy groups -OCH3 is 1. The van der Waals surface area contributed by atoms with Gasteiger partial charge in [0.2, 0.25) is 0 Å². The Kier molecular flexibility index (Phi) is 4.44. The minimum absolute atomic E-state index is 0.341. The molecule has 1 aromatic carbocycles. The number of hydrogen-bond acceptors (Lipinski definition) is 7. The molecule has 0 spiro atoms. The van der Waals surface area contributed by atoms with Crippen LogP contribution in [0.3, 0.4) is 0 Å². The average molecular weight is 379 g/mol. The molecular weight excluding hydrogens is 354 g/mol. The monoisotopic (exact) mass is 379 g/mol. The number of rotatable bonds is 3. The molecule has 3 fully saturated rings. The first kappa shape index (κ1) is 18.6. The molecule has 3 aliphatic heterocycles. The standard InChI is InChI=1S/C19H25NO7/c1-18(2)24-12-13(25-18)15-17(27-19(3,4)26-15)23-14(12)16(21)20-10-7-6-8-11(9-10)22-5/h6-9,12-15,17H,1-5H3,(H,20,21)/t12-,13-,14+,15+,17-/m0/s1. The first-order valence-electron chi connectivity index (χ1n) is 8.99. The van der Waals surface area contributed by atoms with Crippen LogP contribution in [0.1, 0.15) is 27.7 Å². The number of carbonyl (C=O) groups is 1. The van der Waals surface area contributed by atoms with E-state index in [1.165, 1.54) is 0 Å². The van der Waals surface area contributed by atoms with Crippen molar-refractivity contribution >= 4 is 11.6 Å². The smallest absolute Gasteiger partial charge is 0.256 e. The van der Waals surface area contributed by atoms with Gasteiger partial charge in [-0.1, -0.05) is 6.07 Å². The van der Waals surface area contributed by atoms with Gasteiger partial charge in [-0.05, 0) is 39.8 Å². The van der Waals surface area contributed by atoms with E-state index in [0.717, 1.165) is 0 Å². The molecule has 148 valence electrons. The van der Waals surface area contributed by atoms with Gasteiger partial charge < -0.3 is 33.7 Å². The van der Waals surface area contributed by atoms with Crippen molar-refractivity contribution in [1.82, 2.24) is 0 Å². The lowest BCUT2D eigenvalue weighted by molar-refractivity contribution is -0.229. The normalized spacial score (nSPS) is 36.0. The van der Waals surface area contributed by atoms with Crippen LogP contribution in [0.4, 0.5) is 5.69 Å². The summed E-state index contributed by atoms with van der Waals surface area (Å²) in [5.74, 6) is -1.37. The first-order chi connectivity index (χ1) is 12.7. The first-order valence-corrected chi connectivity index (χ1v) is 8.99. The summed E-state index contributed by atoms with van der Waals surface area (Å²) in [6.07, 6.45) is -3.15. The fraction of sp³-hybridized carbons (Fsp3) is 0.632. The number of benzene rings is 1. The largest absolute Gasteiger partial charge is 0.497 e. The van der Waals surface area contributed by atoms with Crippen molar-refractivity contribution in [2.45, 2.75) is 70.0 Å². The van der Waals surface area contributed by atoms with Crippen LogP contribution in [-0.2, 0) is 28.5 Å². The van der Waals surface area contributed by atoms with Crippen LogP contribution < -0.4 is 10.1 Å². The fourth-order valence-electron chi connectivity index (χ4n) is 3.74. The summed E-state index contributed by atoms with van der Waals surface area (Å²) < 4.78 is 34.9. The Morgan fingerprint density at radius 1 is 1.00 bits per heavy atom. The zero-order chi connectivity index (χ0) is 19.4. The molecule has 3 heterocycles. The van der Waals surface area contributed by atoms with Gasteiger partial charge in [0.15, 0.2) is 24.0 Å². The maximum absolute atomic E-state index is 13.0. The lowest BCUT2D eigenvalue weighted by atomic mass is 9.98. The molecule has 1 N–H and O–H groups in total. The number of anilines is 1. The minimum Gasteiger partial charge on any atom is -0.497 e. The van der Waals surface area contributed by atoms with Crippen LogP contribution in [0.5, 0.6) is 5.75 Å². The summed E-state index contributed by atoms with van der Waals surface area (Å²) in [6, 6.07) is 7.10. The Morgan fingerprint density at radius 2 is 1.67 bits per heavy atom. The Labute approximate surface area is 158 Å². The molecule has 0 saturated carbocycles. The van der Waals surface area contributed by atoms with Gasteiger partial charge in [-0.2, -0.15) is 0 Å². The minimum atomic E-state index is -0.901. The number of fused-ring (bicyclic) bond motifs is 3. The average Bonchev–Trinajstić information content (AvgIpc) is 3.08.